The zero-order valence-electron chi connectivity index (χ0n) is 15.8. The summed E-state index contributed by atoms with van der Waals surface area (Å²) in [6.07, 6.45) is 3.25. The average Bonchev–Trinajstić information content (AvgIpc) is 3.19. The van der Waals surface area contributed by atoms with E-state index in [9.17, 15) is 13.6 Å². The Morgan fingerprint density at radius 3 is 2.73 bits per heavy atom. The zero-order chi connectivity index (χ0) is 21.1. The van der Waals surface area contributed by atoms with E-state index in [4.69, 9.17) is 4.74 Å². The number of amides is 1. The first kappa shape index (κ1) is 19.8. The molecule has 0 atom stereocenters. The number of H-pyrrole nitrogens is 1. The fourth-order valence-electron chi connectivity index (χ4n) is 2.93. The number of nitrogens with zero attached hydrogens (tertiary/aromatic N) is 2. The molecule has 0 fully saturated rings. The van der Waals surface area contributed by atoms with Gasteiger partial charge in [0.15, 0.2) is 0 Å². The number of carbonyl (C=O) groups is 1. The fourth-order valence-corrected chi connectivity index (χ4v) is 3.69. The average molecular weight is 426 g/mol. The molecular weight excluding hydrogens is 410 g/mol. The molecule has 0 aliphatic carbocycles. The Bertz CT molecular complexity index is 1210. The topological polar surface area (TPSA) is 79.9 Å². The van der Waals surface area contributed by atoms with E-state index in [0.717, 1.165) is 35.1 Å². The molecule has 4 rings (SSSR count). The van der Waals surface area contributed by atoms with Crippen molar-refractivity contribution in [3.63, 3.8) is 0 Å². The van der Waals surface area contributed by atoms with Crippen LogP contribution in [0, 0.1) is 11.6 Å². The van der Waals surface area contributed by atoms with E-state index in [-0.39, 0.29) is 11.4 Å². The Kier molecular flexibility index (Phi) is 5.62. The maximum absolute atomic E-state index is 13.7. The summed E-state index contributed by atoms with van der Waals surface area (Å²) in [5, 5.41) is 2.95. The lowest BCUT2D eigenvalue weighted by Gasteiger charge is -2.07. The Morgan fingerprint density at radius 2 is 1.97 bits per heavy atom. The van der Waals surface area contributed by atoms with Gasteiger partial charge in [0, 0.05) is 17.8 Å². The second-order valence-corrected chi connectivity index (χ2v) is 7.26. The van der Waals surface area contributed by atoms with Crippen molar-refractivity contribution in [2.24, 2.45) is 0 Å². The highest BCUT2D eigenvalue weighted by Crippen LogP contribution is 2.32. The molecule has 2 aromatic carbocycles. The van der Waals surface area contributed by atoms with Gasteiger partial charge in [-0.25, -0.2) is 18.7 Å². The zero-order valence-corrected chi connectivity index (χ0v) is 16.6. The van der Waals surface area contributed by atoms with Crippen LogP contribution in [0.3, 0.4) is 0 Å². The van der Waals surface area contributed by atoms with E-state index >= 15 is 0 Å². The molecule has 0 unspecified atom stereocenters. The van der Waals surface area contributed by atoms with Crippen LogP contribution in [0.15, 0.2) is 60.0 Å². The van der Waals surface area contributed by atoms with Crippen LogP contribution < -0.4 is 10.1 Å². The van der Waals surface area contributed by atoms with Crippen molar-refractivity contribution in [2.45, 2.75) is 5.03 Å². The molecule has 0 aliphatic heterocycles. The molecule has 2 heterocycles. The minimum Gasteiger partial charge on any atom is -0.497 e. The van der Waals surface area contributed by atoms with E-state index in [1.165, 1.54) is 18.1 Å². The van der Waals surface area contributed by atoms with Crippen molar-refractivity contribution < 1.29 is 18.3 Å². The quantitative estimate of drug-likeness (QED) is 0.347. The highest BCUT2D eigenvalue weighted by Gasteiger charge is 2.14. The molecule has 0 aliphatic rings. The summed E-state index contributed by atoms with van der Waals surface area (Å²) in [7, 11) is 1.61. The summed E-state index contributed by atoms with van der Waals surface area (Å²) in [4.78, 5) is 23.9. The van der Waals surface area contributed by atoms with Gasteiger partial charge in [0.1, 0.15) is 34.3 Å². The van der Waals surface area contributed by atoms with Gasteiger partial charge in [0.05, 0.1) is 24.1 Å². The van der Waals surface area contributed by atoms with Gasteiger partial charge in [-0.1, -0.05) is 23.9 Å². The number of ether oxygens (including phenoxy) is 1. The minimum atomic E-state index is -0.701. The van der Waals surface area contributed by atoms with Crippen molar-refractivity contribution in [1.82, 2.24) is 15.0 Å². The molecule has 30 heavy (non-hydrogen) atoms. The van der Waals surface area contributed by atoms with Crippen molar-refractivity contribution in [1.29, 1.82) is 0 Å². The molecular formula is C21H16F2N4O2S. The monoisotopic (exact) mass is 426 g/mol. The van der Waals surface area contributed by atoms with Crippen LogP contribution in [0.5, 0.6) is 5.75 Å². The first-order chi connectivity index (χ1) is 14.5. The molecule has 0 saturated carbocycles. The number of thioether (sulfide) groups is 1. The maximum atomic E-state index is 13.7. The summed E-state index contributed by atoms with van der Waals surface area (Å²) in [6, 6.07) is 10.5. The highest BCUT2D eigenvalue weighted by molar-refractivity contribution is 8.00. The number of carbonyl (C=O) groups excluding carboxylic acids is 1. The highest BCUT2D eigenvalue weighted by atomic mass is 32.2. The molecule has 4 aromatic rings. The lowest BCUT2D eigenvalue weighted by atomic mass is 10.1. The van der Waals surface area contributed by atoms with Gasteiger partial charge in [-0.2, -0.15) is 0 Å². The second kappa shape index (κ2) is 8.50. The van der Waals surface area contributed by atoms with E-state index in [2.05, 4.69) is 20.3 Å². The van der Waals surface area contributed by atoms with Crippen LogP contribution in [0.4, 0.5) is 14.5 Å². The van der Waals surface area contributed by atoms with Gasteiger partial charge in [-0.15, -0.1) is 0 Å². The number of benzene rings is 2. The number of nitrogens with one attached hydrogen (secondary N) is 2. The summed E-state index contributed by atoms with van der Waals surface area (Å²) < 4.78 is 32.1. The molecule has 152 valence electrons. The van der Waals surface area contributed by atoms with Gasteiger partial charge in [-0.3, -0.25) is 4.79 Å². The number of rotatable bonds is 6. The third kappa shape index (κ3) is 4.11. The van der Waals surface area contributed by atoms with Crippen molar-refractivity contribution in [2.75, 3.05) is 18.2 Å². The van der Waals surface area contributed by atoms with Gasteiger partial charge < -0.3 is 15.0 Å². The van der Waals surface area contributed by atoms with Gasteiger partial charge in [0.25, 0.3) is 0 Å². The number of aromatic amines is 1. The molecule has 0 spiro atoms. The molecule has 0 saturated heterocycles. The predicted octanol–water partition coefficient (Wildman–Crippen LogP) is 4.64. The number of halogens is 2. The first-order valence-electron chi connectivity index (χ1n) is 8.89. The second-order valence-electron chi connectivity index (χ2n) is 6.29. The van der Waals surface area contributed by atoms with E-state index in [1.807, 2.05) is 30.5 Å². The van der Waals surface area contributed by atoms with Crippen LogP contribution in [0.2, 0.25) is 0 Å². The molecule has 0 radical (unpaired) electrons. The first-order valence-corrected chi connectivity index (χ1v) is 9.88. The van der Waals surface area contributed by atoms with Gasteiger partial charge in [0.2, 0.25) is 5.91 Å². The fraction of sp³-hybridized carbons (Fsp3) is 0.0952. The van der Waals surface area contributed by atoms with Crippen LogP contribution >= 0.6 is 11.8 Å². The summed E-state index contributed by atoms with van der Waals surface area (Å²) in [6.45, 7) is 0. The number of anilines is 1. The number of aromatic nitrogens is 3. The summed E-state index contributed by atoms with van der Waals surface area (Å²) in [5.41, 5.74) is 3.06. The SMILES string of the molecule is COc1ccc(-c2c[nH]c3c(SCC(=O)Nc4cc(F)ccc4F)ncnc23)cc1. The molecule has 6 nitrogen and oxygen atoms in total. The smallest absolute Gasteiger partial charge is 0.234 e. The summed E-state index contributed by atoms with van der Waals surface area (Å²) >= 11 is 1.17. The normalized spacial score (nSPS) is 10.9. The number of hydrogen-bond acceptors (Lipinski definition) is 5. The van der Waals surface area contributed by atoms with Crippen molar-refractivity contribution in [3.8, 4) is 16.9 Å². The largest absolute Gasteiger partial charge is 0.497 e. The predicted molar refractivity (Wildman–Crippen MR) is 112 cm³/mol. The van der Waals surface area contributed by atoms with E-state index in [1.54, 1.807) is 7.11 Å². The lowest BCUT2D eigenvalue weighted by Crippen LogP contribution is -2.15. The van der Waals surface area contributed by atoms with Gasteiger partial charge in [-0.05, 0) is 29.8 Å². The molecule has 1 amide bonds. The molecule has 0 bridgehead atoms. The minimum absolute atomic E-state index is 0.0288. The summed E-state index contributed by atoms with van der Waals surface area (Å²) in [5.74, 6) is -1.08. The Hall–Kier alpha value is -3.46. The number of methoxy groups -OCH3 is 1. The molecule has 9 heteroatoms. The van der Waals surface area contributed by atoms with Crippen molar-refractivity contribution >= 4 is 34.4 Å². The van der Waals surface area contributed by atoms with Crippen molar-refractivity contribution in [3.05, 3.63) is 66.6 Å². The Balaban J connectivity index is 1.51. The third-order valence-corrected chi connectivity index (χ3v) is 5.36. The van der Waals surface area contributed by atoms with Crippen LogP contribution in [0.25, 0.3) is 22.2 Å². The van der Waals surface area contributed by atoms with Crippen LogP contribution in [-0.4, -0.2) is 33.7 Å². The van der Waals surface area contributed by atoms with Crippen LogP contribution in [-0.2, 0) is 4.79 Å². The number of hydrogen-bond donors (Lipinski definition) is 2. The van der Waals surface area contributed by atoms with E-state index in [0.29, 0.717) is 16.1 Å². The standard InChI is InChI=1S/C21H16F2N4O2S/c1-29-14-5-2-12(3-6-14)15-9-24-20-19(15)25-11-26-21(20)30-10-18(28)27-17-8-13(22)4-7-16(17)23/h2-9,11,24H,10H2,1H3,(H,27,28). The number of fused-ring (bicyclic) bond motifs is 1. The van der Waals surface area contributed by atoms with E-state index < -0.39 is 17.5 Å². The lowest BCUT2D eigenvalue weighted by molar-refractivity contribution is -0.113. The Labute approximate surface area is 174 Å². The maximum Gasteiger partial charge on any atom is 0.234 e. The molecule has 2 aromatic heterocycles. The third-order valence-electron chi connectivity index (χ3n) is 4.37. The Morgan fingerprint density at radius 1 is 1.17 bits per heavy atom. The van der Waals surface area contributed by atoms with Crippen LogP contribution in [0.1, 0.15) is 0 Å². The molecule has 2 N–H and O–H groups in total. The van der Waals surface area contributed by atoms with Gasteiger partial charge >= 0.3 is 0 Å².